The lowest BCUT2D eigenvalue weighted by Gasteiger charge is -2.26. The minimum atomic E-state index is -0.724. The molecule has 128 valence electrons. The van der Waals surface area contributed by atoms with Crippen LogP contribution >= 0.6 is 0 Å². The van der Waals surface area contributed by atoms with E-state index in [2.05, 4.69) is 6.92 Å². The largest absolute Gasteiger partial charge is 0.459 e. The highest BCUT2D eigenvalue weighted by Gasteiger charge is 2.23. The van der Waals surface area contributed by atoms with E-state index in [0.29, 0.717) is 18.4 Å². The van der Waals surface area contributed by atoms with Gasteiger partial charge in [0.1, 0.15) is 12.2 Å². The Hall–Kier alpha value is -2.15. The summed E-state index contributed by atoms with van der Waals surface area (Å²) in [6.07, 6.45) is 7.49. The Balaban J connectivity index is 1.82. The summed E-state index contributed by atoms with van der Waals surface area (Å²) in [4.78, 5) is 12.2. The molecular weight excluding hydrogens is 305 g/mol. The summed E-state index contributed by atoms with van der Waals surface area (Å²) < 4.78 is 18.5. The first-order valence-electron chi connectivity index (χ1n) is 8.69. The third-order valence-electron chi connectivity index (χ3n) is 4.49. The summed E-state index contributed by atoms with van der Waals surface area (Å²) in [7, 11) is 0. The molecule has 1 aromatic rings. The van der Waals surface area contributed by atoms with Crippen LogP contribution in [0.4, 0.5) is 4.39 Å². The molecule has 0 aliphatic heterocycles. The molecule has 0 bridgehead atoms. The van der Waals surface area contributed by atoms with E-state index in [1.165, 1.54) is 17.7 Å². The molecule has 0 aromatic heterocycles. The zero-order chi connectivity index (χ0) is 17.4. The van der Waals surface area contributed by atoms with E-state index >= 15 is 0 Å². The quantitative estimate of drug-likeness (QED) is 0.537. The highest BCUT2D eigenvalue weighted by Crippen LogP contribution is 2.28. The molecule has 1 aromatic carbocycles. The van der Waals surface area contributed by atoms with Crippen LogP contribution in [0.15, 0.2) is 36.2 Å². The number of hydrogen-bond donors (Lipinski definition) is 0. The average molecular weight is 329 g/mol. The average Bonchev–Trinajstić information content (AvgIpc) is 2.61. The van der Waals surface area contributed by atoms with Crippen molar-refractivity contribution in [1.82, 2.24) is 0 Å². The monoisotopic (exact) mass is 329 g/mol. The molecule has 0 amide bonds. The Morgan fingerprint density at radius 1 is 1.29 bits per heavy atom. The molecule has 1 saturated carbocycles. The molecule has 0 unspecified atom stereocenters. The molecule has 1 fully saturated rings. The van der Waals surface area contributed by atoms with Crippen molar-refractivity contribution in [2.24, 2.45) is 5.92 Å². The molecular formula is C20H24FNO2. The van der Waals surface area contributed by atoms with Gasteiger partial charge in [0, 0.05) is 0 Å². The van der Waals surface area contributed by atoms with Crippen molar-refractivity contribution in [1.29, 1.82) is 5.26 Å². The molecule has 24 heavy (non-hydrogen) atoms. The van der Waals surface area contributed by atoms with Gasteiger partial charge in [-0.25, -0.2) is 4.79 Å². The van der Waals surface area contributed by atoms with Gasteiger partial charge in [-0.15, -0.1) is 0 Å². The summed E-state index contributed by atoms with van der Waals surface area (Å²) in [6, 6.07) is 9.12. The number of nitrogens with zero attached hydrogens (tertiary/aromatic N) is 1. The van der Waals surface area contributed by atoms with E-state index in [1.807, 2.05) is 24.3 Å². The number of ether oxygens (including phenoxy) is 1. The second-order valence-electron chi connectivity index (χ2n) is 6.37. The fourth-order valence-electron chi connectivity index (χ4n) is 3.03. The molecule has 2 rings (SSSR count). The number of aryl methyl sites for hydroxylation is 1. The van der Waals surface area contributed by atoms with Gasteiger partial charge in [0.2, 0.25) is 0 Å². The van der Waals surface area contributed by atoms with Gasteiger partial charge in [0.05, 0.1) is 5.56 Å². The lowest BCUT2D eigenvalue weighted by Crippen LogP contribution is -2.24. The van der Waals surface area contributed by atoms with E-state index in [-0.39, 0.29) is 18.0 Å². The summed E-state index contributed by atoms with van der Waals surface area (Å²) >= 11 is 0. The predicted molar refractivity (Wildman–Crippen MR) is 91.0 cm³/mol. The van der Waals surface area contributed by atoms with Gasteiger partial charge >= 0.3 is 5.97 Å². The van der Waals surface area contributed by atoms with Crippen molar-refractivity contribution < 1.29 is 13.9 Å². The number of benzene rings is 1. The van der Waals surface area contributed by atoms with Crippen LogP contribution in [0.5, 0.6) is 0 Å². The number of rotatable bonds is 6. The number of hydrogen-bond acceptors (Lipinski definition) is 3. The highest BCUT2D eigenvalue weighted by atomic mass is 19.1. The van der Waals surface area contributed by atoms with Crippen molar-refractivity contribution in [3.05, 3.63) is 47.3 Å². The molecule has 3 nitrogen and oxygen atoms in total. The van der Waals surface area contributed by atoms with Crippen LogP contribution in [0.3, 0.4) is 0 Å². The van der Waals surface area contributed by atoms with Crippen LogP contribution in [0.25, 0.3) is 0 Å². The van der Waals surface area contributed by atoms with E-state index in [1.54, 1.807) is 0 Å². The number of carbonyl (C=O) groups is 1. The molecule has 0 saturated heterocycles. The first-order chi connectivity index (χ1) is 11.6. The van der Waals surface area contributed by atoms with E-state index in [9.17, 15) is 9.18 Å². The predicted octanol–water partition coefficient (Wildman–Crippen LogP) is 5.12. The van der Waals surface area contributed by atoms with Crippen LogP contribution in [0, 0.1) is 17.2 Å². The van der Waals surface area contributed by atoms with Crippen molar-refractivity contribution >= 4 is 5.97 Å². The summed E-state index contributed by atoms with van der Waals surface area (Å²) in [6.45, 7) is 2.16. The topological polar surface area (TPSA) is 50.1 Å². The van der Waals surface area contributed by atoms with Gasteiger partial charge in [-0.1, -0.05) is 25.5 Å². The van der Waals surface area contributed by atoms with Crippen molar-refractivity contribution in [2.75, 3.05) is 0 Å². The molecule has 0 N–H and O–H groups in total. The lowest BCUT2D eigenvalue weighted by atomic mass is 9.87. The van der Waals surface area contributed by atoms with Crippen LogP contribution in [-0.4, -0.2) is 12.1 Å². The Kier molecular flexibility index (Phi) is 6.99. The highest BCUT2D eigenvalue weighted by molar-refractivity contribution is 5.89. The maximum absolute atomic E-state index is 13.0. The van der Waals surface area contributed by atoms with Gasteiger partial charge in [-0.3, -0.25) is 0 Å². The fraction of sp³-hybridized carbons (Fsp3) is 0.500. The van der Waals surface area contributed by atoms with Gasteiger partial charge in [-0.2, -0.15) is 9.65 Å². The molecule has 0 heterocycles. The molecule has 0 spiro atoms. The van der Waals surface area contributed by atoms with E-state index < -0.39 is 5.83 Å². The van der Waals surface area contributed by atoms with Gasteiger partial charge in [0.15, 0.2) is 5.83 Å². The number of halogens is 1. The third kappa shape index (κ3) is 5.49. The van der Waals surface area contributed by atoms with E-state index in [4.69, 9.17) is 10.00 Å². The summed E-state index contributed by atoms with van der Waals surface area (Å²) in [5.41, 5.74) is 1.81. The minimum Gasteiger partial charge on any atom is -0.459 e. The van der Waals surface area contributed by atoms with Crippen molar-refractivity contribution in [3.63, 3.8) is 0 Å². The second-order valence-corrected chi connectivity index (χ2v) is 6.37. The fourth-order valence-corrected chi connectivity index (χ4v) is 3.03. The smallest absolute Gasteiger partial charge is 0.338 e. The van der Waals surface area contributed by atoms with Crippen LogP contribution in [0.2, 0.25) is 0 Å². The number of nitriles is 1. The maximum Gasteiger partial charge on any atom is 0.338 e. The molecule has 1 aliphatic carbocycles. The molecule has 0 radical (unpaired) electrons. The second kappa shape index (κ2) is 9.22. The number of allylic oxidation sites excluding steroid dienone is 2. The standard InChI is InChI=1S/C20H24FNO2/c1-2-3-4-15-5-9-17(10-6-15)20(23)24-19-11-7-16(8-12-19)13-18(21)14-22/h5-6,9-10,13,16,19H,2-4,7-8,11-12H2,1H3/b18-13+. The molecule has 1 aliphatic rings. The van der Waals surface area contributed by atoms with Crippen LogP contribution in [-0.2, 0) is 11.2 Å². The Labute approximate surface area is 143 Å². The number of carbonyl (C=O) groups excluding carboxylic acids is 1. The van der Waals surface area contributed by atoms with Crippen LogP contribution in [0.1, 0.15) is 61.4 Å². The number of unbranched alkanes of at least 4 members (excludes halogenated alkanes) is 1. The normalized spacial score (nSPS) is 21.1. The molecule has 4 heteroatoms. The van der Waals surface area contributed by atoms with Gasteiger partial charge < -0.3 is 4.74 Å². The number of esters is 1. The van der Waals surface area contributed by atoms with Crippen LogP contribution < -0.4 is 0 Å². The third-order valence-corrected chi connectivity index (χ3v) is 4.49. The maximum atomic E-state index is 13.0. The zero-order valence-electron chi connectivity index (χ0n) is 14.1. The minimum absolute atomic E-state index is 0.0671. The van der Waals surface area contributed by atoms with Gasteiger partial charge in [-0.05, 0) is 68.2 Å². The lowest BCUT2D eigenvalue weighted by molar-refractivity contribution is 0.0184. The van der Waals surface area contributed by atoms with Crippen molar-refractivity contribution in [2.45, 2.75) is 58.0 Å². The Morgan fingerprint density at radius 3 is 2.54 bits per heavy atom. The van der Waals surface area contributed by atoms with Gasteiger partial charge in [0.25, 0.3) is 0 Å². The van der Waals surface area contributed by atoms with Crippen molar-refractivity contribution in [3.8, 4) is 6.07 Å². The summed E-state index contributed by atoms with van der Waals surface area (Å²) in [5.74, 6) is -0.949. The SMILES string of the molecule is CCCCc1ccc(C(=O)OC2CCC(/C=C(/F)C#N)CC2)cc1. The first kappa shape index (κ1) is 18.2. The Morgan fingerprint density at radius 2 is 1.96 bits per heavy atom. The zero-order valence-corrected chi connectivity index (χ0v) is 14.1. The summed E-state index contributed by atoms with van der Waals surface area (Å²) in [5, 5.41) is 8.47. The first-order valence-corrected chi connectivity index (χ1v) is 8.69. The van der Waals surface area contributed by atoms with E-state index in [0.717, 1.165) is 32.1 Å². The molecule has 0 atom stereocenters. The Bertz CT molecular complexity index is 608.